The minimum atomic E-state index is -0.397. The van der Waals surface area contributed by atoms with Crippen molar-refractivity contribution in [2.45, 2.75) is 88.2 Å². The van der Waals surface area contributed by atoms with Crippen LogP contribution in [0.5, 0.6) is 0 Å². The van der Waals surface area contributed by atoms with Crippen molar-refractivity contribution < 1.29 is 14.4 Å². The predicted octanol–water partition coefficient (Wildman–Crippen LogP) is 5.38. The van der Waals surface area contributed by atoms with Crippen LogP contribution in [0.25, 0.3) is 0 Å². The Bertz CT molecular complexity index is 1060. The molecule has 2 aromatic rings. The van der Waals surface area contributed by atoms with Crippen LogP contribution >= 0.6 is 11.8 Å². The molecule has 2 N–H and O–H groups in total. The number of carbonyl (C=O) groups excluding carboxylic acids is 3. The first kappa shape index (κ1) is 30.1. The second kappa shape index (κ2) is 14.6. The summed E-state index contributed by atoms with van der Waals surface area (Å²) in [6, 6.07) is 14.7. The Kier molecular flexibility index (Phi) is 11.6. The Morgan fingerprint density at radius 1 is 1.11 bits per heavy atom. The zero-order valence-corrected chi connectivity index (χ0v) is 24.1. The summed E-state index contributed by atoms with van der Waals surface area (Å²) >= 11 is 1.70. The van der Waals surface area contributed by atoms with E-state index in [9.17, 15) is 14.4 Å². The Morgan fingerprint density at radius 3 is 2.42 bits per heavy atom. The van der Waals surface area contributed by atoms with Gasteiger partial charge in [0.2, 0.25) is 5.91 Å². The number of amides is 1. The quantitative estimate of drug-likeness (QED) is 0.249. The summed E-state index contributed by atoms with van der Waals surface area (Å²) in [5, 5.41) is 6.33. The fraction of sp³-hybridized carbons (Fsp3) is 0.516. The zero-order valence-electron chi connectivity index (χ0n) is 23.3. The molecule has 206 valence electrons. The molecule has 0 heterocycles. The molecule has 3 rings (SSSR count). The lowest BCUT2D eigenvalue weighted by molar-refractivity contribution is -0.121. The van der Waals surface area contributed by atoms with Gasteiger partial charge in [-0.2, -0.15) is 0 Å². The van der Waals surface area contributed by atoms with Crippen molar-refractivity contribution in [1.82, 2.24) is 15.5 Å². The van der Waals surface area contributed by atoms with Gasteiger partial charge in [-0.3, -0.25) is 14.5 Å². The standard InChI is InChI=1S/C31H43N3O3S/c1-31(2)16-14-26(15-17-31)33-18-23-8-10-24(11-9-23)22-38-29-7-5-6-25(20-35)28(29)19-34(4)27(21-36)12-13-30(37)32-3/h5-11,20-21,26-27,33H,12-19,22H2,1-4H3,(H,32,37). The summed E-state index contributed by atoms with van der Waals surface area (Å²) in [6.45, 7) is 6.09. The smallest absolute Gasteiger partial charge is 0.219 e. The average molecular weight is 538 g/mol. The lowest BCUT2D eigenvalue weighted by atomic mass is 9.75. The predicted molar refractivity (Wildman–Crippen MR) is 155 cm³/mol. The third kappa shape index (κ3) is 9.07. The van der Waals surface area contributed by atoms with Crippen molar-refractivity contribution in [3.63, 3.8) is 0 Å². The third-order valence-corrected chi connectivity index (χ3v) is 8.90. The van der Waals surface area contributed by atoms with Gasteiger partial charge in [0.15, 0.2) is 0 Å². The van der Waals surface area contributed by atoms with Gasteiger partial charge in [-0.15, -0.1) is 11.8 Å². The van der Waals surface area contributed by atoms with Crippen LogP contribution in [0, 0.1) is 5.41 Å². The number of benzene rings is 2. The number of hydrogen-bond acceptors (Lipinski definition) is 6. The number of likely N-dealkylation sites (N-methyl/N-ethyl adjacent to an activating group) is 1. The van der Waals surface area contributed by atoms with Gasteiger partial charge < -0.3 is 15.4 Å². The number of hydrogen-bond donors (Lipinski definition) is 2. The van der Waals surface area contributed by atoms with E-state index in [0.29, 0.717) is 30.0 Å². The van der Waals surface area contributed by atoms with E-state index in [-0.39, 0.29) is 12.3 Å². The number of carbonyl (C=O) groups is 3. The van der Waals surface area contributed by atoms with E-state index in [0.717, 1.165) is 35.3 Å². The normalized spacial score (nSPS) is 16.2. The van der Waals surface area contributed by atoms with E-state index in [4.69, 9.17) is 0 Å². The Morgan fingerprint density at radius 2 is 1.79 bits per heavy atom. The minimum Gasteiger partial charge on any atom is -0.359 e. The zero-order chi connectivity index (χ0) is 27.5. The average Bonchev–Trinajstić information content (AvgIpc) is 2.92. The topological polar surface area (TPSA) is 78.5 Å². The van der Waals surface area contributed by atoms with Crippen LogP contribution in [0.15, 0.2) is 47.4 Å². The highest BCUT2D eigenvalue weighted by atomic mass is 32.2. The molecule has 0 radical (unpaired) electrons. The van der Waals surface area contributed by atoms with E-state index in [1.165, 1.54) is 36.8 Å². The summed E-state index contributed by atoms with van der Waals surface area (Å²) in [6.07, 6.45) is 7.55. The van der Waals surface area contributed by atoms with Gasteiger partial charge in [-0.25, -0.2) is 0 Å². The highest BCUT2D eigenvalue weighted by Gasteiger charge is 2.26. The molecule has 0 aliphatic heterocycles. The number of nitrogens with one attached hydrogen (secondary N) is 2. The third-order valence-electron chi connectivity index (χ3n) is 7.72. The van der Waals surface area contributed by atoms with Gasteiger partial charge in [0.1, 0.15) is 12.6 Å². The molecular formula is C31H43N3O3S. The fourth-order valence-electron chi connectivity index (χ4n) is 4.94. The lowest BCUT2D eigenvalue weighted by Crippen LogP contribution is -2.35. The van der Waals surface area contributed by atoms with Crippen LogP contribution < -0.4 is 10.6 Å². The highest BCUT2D eigenvalue weighted by Crippen LogP contribution is 2.35. The molecule has 0 bridgehead atoms. The van der Waals surface area contributed by atoms with E-state index in [2.05, 4.69) is 48.7 Å². The van der Waals surface area contributed by atoms with Crippen molar-refractivity contribution in [3.05, 3.63) is 64.7 Å². The molecule has 2 aromatic carbocycles. The Hall–Kier alpha value is -2.48. The van der Waals surface area contributed by atoms with Crippen LogP contribution in [0.1, 0.15) is 79.4 Å². The van der Waals surface area contributed by atoms with Gasteiger partial charge in [0, 0.05) is 48.8 Å². The molecule has 1 saturated carbocycles. The maximum Gasteiger partial charge on any atom is 0.219 e. The van der Waals surface area contributed by atoms with Crippen LogP contribution in [-0.2, 0) is 28.4 Å². The first-order valence-electron chi connectivity index (χ1n) is 13.6. The molecule has 0 aromatic heterocycles. The van der Waals surface area contributed by atoms with Crippen molar-refractivity contribution in [2.24, 2.45) is 5.41 Å². The number of rotatable bonds is 14. The summed E-state index contributed by atoms with van der Waals surface area (Å²) in [4.78, 5) is 38.1. The molecule has 6 nitrogen and oxygen atoms in total. The SMILES string of the molecule is CNC(=O)CCC(C=O)N(C)Cc1c(C=O)cccc1SCc1ccc(CNC2CCC(C)(C)CC2)cc1. The number of nitrogens with zero attached hydrogens (tertiary/aromatic N) is 1. The molecule has 1 fully saturated rings. The lowest BCUT2D eigenvalue weighted by Gasteiger charge is -2.34. The molecular weight excluding hydrogens is 494 g/mol. The van der Waals surface area contributed by atoms with Crippen molar-refractivity contribution >= 4 is 30.2 Å². The Labute approximate surface area is 232 Å². The van der Waals surface area contributed by atoms with Crippen molar-refractivity contribution in [1.29, 1.82) is 0 Å². The van der Waals surface area contributed by atoms with Crippen LogP contribution in [0.4, 0.5) is 0 Å². The summed E-state index contributed by atoms with van der Waals surface area (Å²) in [5.41, 5.74) is 4.56. The Balaban J connectivity index is 1.58. The molecule has 1 unspecified atom stereocenters. The highest BCUT2D eigenvalue weighted by molar-refractivity contribution is 7.98. The summed E-state index contributed by atoms with van der Waals surface area (Å²) < 4.78 is 0. The molecule has 0 spiro atoms. The van der Waals surface area contributed by atoms with Crippen LogP contribution in [0.3, 0.4) is 0 Å². The minimum absolute atomic E-state index is 0.0883. The maximum absolute atomic E-state index is 11.8. The van der Waals surface area contributed by atoms with Gasteiger partial charge in [0.25, 0.3) is 0 Å². The van der Waals surface area contributed by atoms with E-state index >= 15 is 0 Å². The van der Waals surface area contributed by atoms with Crippen LogP contribution in [-0.4, -0.2) is 49.6 Å². The van der Waals surface area contributed by atoms with E-state index in [1.54, 1.807) is 18.8 Å². The summed E-state index contributed by atoms with van der Waals surface area (Å²) in [7, 11) is 3.45. The van der Waals surface area contributed by atoms with E-state index in [1.807, 2.05) is 30.1 Å². The maximum atomic E-state index is 11.8. The monoisotopic (exact) mass is 537 g/mol. The molecule has 1 aliphatic rings. The molecule has 7 heteroatoms. The second-order valence-corrected chi connectivity index (χ2v) is 12.2. The van der Waals surface area contributed by atoms with Crippen LogP contribution in [0.2, 0.25) is 0 Å². The first-order valence-corrected chi connectivity index (χ1v) is 14.6. The van der Waals surface area contributed by atoms with Gasteiger partial charge in [-0.1, -0.05) is 50.2 Å². The summed E-state index contributed by atoms with van der Waals surface area (Å²) in [5.74, 6) is 0.702. The fourth-order valence-corrected chi connectivity index (χ4v) is 5.99. The molecule has 0 saturated heterocycles. The number of aldehydes is 2. The van der Waals surface area contributed by atoms with Gasteiger partial charge >= 0.3 is 0 Å². The molecule has 1 amide bonds. The molecule has 1 aliphatic carbocycles. The van der Waals surface area contributed by atoms with Gasteiger partial charge in [-0.05, 0) is 67.3 Å². The van der Waals surface area contributed by atoms with Crippen molar-refractivity contribution in [3.8, 4) is 0 Å². The second-order valence-electron chi connectivity index (χ2n) is 11.2. The number of thioether (sulfide) groups is 1. The largest absolute Gasteiger partial charge is 0.359 e. The molecule has 38 heavy (non-hydrogen) atoms. The molecule has 1 atom stereocenters. The van der Waals surface area contributed by atoms with Gasteiger partial charge in [0.05, 0.1) is 6.04 Å². The van der Waals surface area contributed by atoms with Crippen molar-refractivity contribution in [2.75, 3.05) is 14.1 Å². The first-order chi connectivity index (χ1) is 18.2. The van der Waals surface area contributed by atoms with E-state index < -0.39 is 6.04 Å².